The maximum Gasteiger partial charge on any atom is 0.308 e. The van der Waals surface area contributed by atoms with Gasteiger partial charge < -0.3 is 14.7 Å². The van der Waals surface area contributed by atoms with Gasteiger partial charge in [0.2, 0.25) is 0 Å². The van der Waals surface area contributed by atoms with E-state index in [0.717, 1.165) is 43.3 Å². The lowest BCUT2D eigenvalue weighted by Gasteiger charge is -2.37. The Kier molecular flexibility index (Phi) is 8.06. The highest BCUT2D eigenvalue weighted by Crippen LogP contribution is 2.35. The molecule has 0 bridgehead atoms. The van der Waals surface area contributed by atoms with E-state index in [9.17, 15) is 9.90 Å². The average molecular weight is 466 g/mol. The first kappa shape index (κ1) is 24.1. The summed E-state index contributed by atoms with van der Waals surface area (Å²) < 4.78 is 20.7. The van der Waals surface area contributed by atoms with E-state index in [1.807, 2.05) is 30.3 Å². The topological polar surface area (TPSA) is 75.5 Å². The van der Waals surface area contributed by atoms with Gasteiger partial charge in [-0.25, -0.2) is 4.39 Å². The Morgan fingerprint density at radius 3 is 2.82 bits per heavy atom. The number of alkyl halides is 1. The molecule has 1 aliphatic heterocycles. The molecule has 0 saturated carbocycles. The third-order valence-electron chi connectivity index (χ3n) is 6.96. The van der Waals surface area contributed by atoms with Crippen molar-refractivity contribution in [3.8, 4) is 5.75 Å². The summed E-state index contributed by atoms with van der Waals surface area (Å²) in [7, 11) is 1.59. The fourth-order valence-electron chi connectivity index (χ4n) is 5.02. The fraction of sp³-hybridized carbons (Fsp3) is 0.444. The van der Waals surface area contributed by atoms with Gasteiger partial charge in [0.05, 0.1) is 18.5 Å². The van der Waals surface area contributed by atoms with E-state index < -0.39 is 18.1 Å². The van der Waals surface area contributed by atoms with Crippen molar-refractivity contribution in [2.24, 2.45) is 11.8 Å². The van der Waals surface area contributed by atoms with Crippen LogP contribution in [0.15, 0.2) is 55.0 Å². The minimum absolute atomic E-state index is 0.0187. The predicted octanol–water partition coefficient (Wildman–Crippen LogP) is 5.08. The van der Waals surface area contributed by atoms with E-state index in [1.165, 1.54) is 5.56 Å². The fourth-order valence-corrected chi connectivity index (χ4v) is 5.02. The molecule has 1 N–H and O–H groups in total. The van der Waals surface area contributed by atoms with Gasteiger partial charge in [0.1, 0.15) is 11.9 Å². The number of piperidine rings is 1. The molecule has 7 heteroatoms. The molecule has 1 aromatic carbocycles. The van der Waals surface area contributed by atoms with Crippen LogP contribution in [0.5, 0.6) is 5.75 Å². The normalized spacial score (nSPS) is 19.7. The number of nitrogens with zero attached hydrogens (tertiary/aromatic N) is 3. The number of halogens is 1. The molecule has 1 saturated heterocycles. The smallest absolute Gasteiger partial charge is 0.308 e. The molecule has 180 valence electrons. The number of aliphatic carboxylic acids is 1. The van der Waals surface area contributed by atoms with Crippen LogP contribution in [0.3, 0.4) is 0 Å². The molecule has 1 fully saturated rings. The van der Waals surface area contributed by atoms with Crippen LogP contribution in [0.4, 0.5) is 4.39 Å². The maximum absolute atomic E-state index is 15.4. The number of benzene rings is 1. The molecular weight excluding hydrogens is 433 g/mol. The highest BCUT2D eigenvalue weighted by molar-refractivity contribution is 5.83. The summed E-state index contributed by atoms with van der Waals surface area (Å²) in [6.45, 7) is 2.26. The molecule has 3 atom stereocenters. The minimum atomic E-state index is -1.18. The van der Waals surface area contributed by atoms with Crippen LogP contribution in [0.2, 0.25) is 0 Å². The van der Waals surface area contributed by atoms with Gasteiger partial charge in [-0.05, 0) is 98.6 Å². The molecule has 3 heterocycles. The molecule has 0 aliphatic carbocycles. The highest BCUT2D eigenvalue weighted by atomic mass is 19.1. The second-order valence-electron chi connectivity index (χ2n) is 9.08. The zero-order valence-electron chi connectivity index (χ0n) is 19.6. The molecule has 3 aromatic rings. The number of likely N-dealkylation sites (tertiary alicyclic amines) is 1. The Bertz CT molecular complexity index is 1090. The first-order valence-corrected chi connectivity index (χ1v) is 12.0. The van der Waals surface area contributed by atoms with E-state index in [2.05, 4.69) is 14.9 Å². The van der Waals surface area contributed by atoms with Gasteiger partial charge in [-0.2, -0.15) is 0 Å². The standard InChI is InChI=1S/C27H32FN3O3/c1-34-21-5-7-26-23(17-21)22(10-14-30-26)25(28)6-4-20-11-16-31(18-24(20)27(32)33)15-2-3-19-8-12-29-13-9-19/h5,7-10,12-14,17,20,24-25H,2-4,6,11,15-16,18H2,1H3,(H,32,33)/t20-,24+,25+/m1/s1. The Hall–Kier alpha value is -3.06. The van der Waals surface area contributed by atoms with E-state index in [0.29, 0.717) is 30.7 Å². The largest absolute Gasteiger partial charge is 0.497 e. The molecule has 0 radical (unpaired) electrons. The maximum atomic E-state index is 15.4. The first-order valence-electron chi connectivity index (χ1n) is 12.0. The number of ether oxygens (including phenoxy) is 1. The van der Waals surface area contributed by atoms with Crippen molar-refractivity contribution < 1.29 is 19.0 Å². The second-order valence-corrected chi connectivity index (χ2v) is 9.08. The summed E-state index contributed by atoms with van der Waals surface area (Å²) in [4.78, 5) is 22.6. The first-order chi connectivity index (χ1) is 16.5. The Labute approximate surface area is 199 Å². The van der Waals surface area contributed by atoms with Crippen molar-refractivity contribution in [1.82, 2.24) is 14.9 Å². The van der Waals surface area contributed by atoms with Crippen LogP contribution < -0.4 is 4.74 Å². The predicted molar refractivity (Wildman–Crippen MR) is 130 cm³/mol. The van der Waals surface area contributed by atoms with E-state index in [-0.39, 0.29) is 5.92 Å². The molecule has 2 aromatic heterocycles. The third-order valence-corrected chi connectivity index (χ3v) is 6.96. The molecule has 1 aliphatic rings. The van der Waals surface area contributed by atoms with Crippen LogP contribution in [-0.4, -0.2) is 52.7 Å². The van der Waals surface area contributed by atoms with Crippen LogP contribution >= 0.6 is 0 Å². The summed E-state index contributed by atoms with van der Waals surface area (Å²) in [5.74, 6) is -0.597. The van der Waals surface area contributed by atoms with Gasteiger partial charge >= 0.3 is 5.97 Å². The second kappa shape index (κ2) is 11.4. The number of fused-ring (bicyclic) bond motifs is 1. The van der Waals surface area contributed by atoms with Gasteiger partial charge in [-0.15, -0.1) is 0 Å². The van der Waals surface area contributed by atoms with E-state index >= 15 is 4.39 Å². The number of methoxy groups -OCH3 is 1. The monoisotopic (exact) mass is 465 g/mol. The number of aryl methyl sites for hydroxylation is 1. The summed E-state index contributed by atoms with van der Waals surface area (Å²) in [6, 6.07) is 11.2. The lowest BCUT2D eigenvalue weighted by molar-refractivity contribution is -0.146. The minimum Gasteiger partial charge on any atom is -0.497 e. The lowest BCUT2D eigenvalue weighted by Crippen LogP contribution is -2.44. The molecule has 4 rings (SSSR count). The summed E-state index contributed by atoms with van der Waals surface area (Å²) >= 11 is 0. The molecule has 6 nitrogen and oxygen atoms in total. The van der Waals surface area contributed by atoms with E-state index in [1.54, 1.807) is 31.8 Å². The van der Waals surface area contributed by atoms with Gasteiger partial charge in [-0.1, -0.05) is 0 Å². The van der Waals surface area contributed by atoms with Gasteiger partial charge in [-0.3, -0.25) is 14.8 Å². The lowest BCUT2D eigenvalue weighted by atomic mass is 9.81. The number of pyridine rings is 2. The van der Waals surface area contributed by atoms with Crippen LogP contribution in [0, 0.1) is 11.8 Å². The number of carbonyl (C=O) groups is 1. The summed E-state index contributed by atoms with van der Waals surface area (Å²) in [5.41, 5.74) is 2.56. The number of carboxylic acids is 1. The van der Waals surface area contributed by atoms with Crippen LogP contribution in [0.1, 0.15) is 43.0 Å². The number of hydrogen-bond donors (Lipinski definition) is 1. The van der Waals surface area contributed by atoms with Crippen molar-refractivity contribution in [2.75, 3.05) is 26.7 Å². The molecule has 0 unspecified atom stereocenters. The van der Waals surface area contributed by atoms with Crippen molar-refractivity contribution in [3.05, 3.63) is 66.1 Å². The number of hydrogen-bond acceptors (Lipinski definition) is 5. The zero-order valence-corrected chi connectivity index (χ0v) is 19.6. The van der Waals surface area contributed by atoms with Crippen LogP contribution in [0.25, 0.3) is 10.9 Å². The highest BCUT2D eigenvalue weighted by Gasteiger charge is 2.34. The summed E-state index contributed by atoms with van der Waals surface area (Å²) in [6.07, 6.45) is 7.61. The van der Waals surface area contributed by atoms with Crippen molar-refractivity contribution >= 4 is 16.9 Å². The molecule has 0 spiro atoms. The van der Waals surface area contributed by atoms with Crippen molar-refractivity contribution in [2.45, 2.75) is 38.3 Å². The molecular formula is C27H32FN3O3. The van der Waals surface area contributed by atoms with Crippen molar-refractivity contribution in [3.63, 3.8) is 0 Å². The number of rotatable bonds is 10. The average Bonchev–Trinajstić information content (AvgIpc) is 2.87. The Morgan fingerprint density at radius 1 is 1.24 bits per heavy atom. The SMILES string of the molecule is COc1ccc2nccc([C@@H](F)CC[C@@H]3CCN(CCCc4ccncc4)C[C@@H]3C(=O)O)c2c1. The quantitative estimate of drug-likeness (QED) is 0.450. The molecule has 0 amide bonds. The number of carboxylic acid groups (broad SMARTS) is 1. The zero-order chi connectivity index (χ0) is 23.9. The van der Waals surface area contributed by atoms with Crippen molar-refractivity contribution in [1.29, 1.82) is 0 Å². The molecule has 34 heavy (non-hydrogen) atoms. The number of aromatic nitrogens is 2. The van der Waals surface area contributed by atoms with Crippen LogP contribution in [-0.2, 0) is 11.2 Å². The van der Waals surface area contributed by atoms with Gasteiger partial charge in [0.15, 0.2) is 0 Å². The van der Waals surface area contributed by atoms with Gasteiger partial charge in [0, 0.05) is 30.5 Å². The van der Waals surface area contributed by atoms with E-state index in [4.69, 9.17) is 4.74 Å². The Balaban J connectivity index is 1.34. The summed E-state index contributed by atoms with van der Waals surface area (Å²) in [5, 5.41) is 10.6. The van der Waals surface area contributed by atoms with Gasteiger partial charge in [0.25, 0.3) is 0 Å². The third kappa shape index (κ3) is 5.89. The Morgan fingerprint density at radius 2 is 2.06 bits per heavy atom.